The van der Waals surface area contributed by atoms with E-state index >= 15 is 0 Å². The predicted molar refractivity (Wildman–Crippen MR) is 96.6 cm³/mol. The van der Waals surface area contributed by atoms with Gasteiger partial charge in [-0.05, 0) is 44.2 Å². The van der Waals surface area contributed by atoms with E-state index in [2.05, 4.69) is 51.6 Å². The molecule has 0 saturated heterocycles. The van der Waals surface area contributed by atoms with Crippen molar-refractivity contribution < 1.29 is 4.79 Å². The van der Waals surface area contributed by atoms with Gasteiger partial charge >= 0.3 is 0 Å². The van der Waals surface area contributed by atoms with Crippen molar-refractivity contribution in [1.29, 1.82) is 0 Å². The second kappa shape index (κ2) is 7.51. The topological polar surface area (TPSA) is 61.0 Å². The minimum Gasteiger partial charge on any atom is -0.371 e. The SMILES string of the molecule is CCc1[nH]nc(C(=O)NCCCN2CCCc3ccccc32)c1C. The number of hydrogen-bond acceptors (Lipinski definition) is 3. The number of nitrogens with zero attached hydrogens (tertiary/aromatic N) is 2. The summed E-state index contributed by atoms with van der Waals surface area (Å²) in [5.74, 6) is -0.0810. The van der Waals surface area contributed by atoms with E-state index in [9.17, 15) is 4.79 Å². The normalized spacial score (nSPS) is 13.7. The molecule has 2 heterocycles. The van der Waals surface area contributed by atoms with Crippen LogP contribution in [0, 0.1) is 6.92 Å². The summed E-state index contributed by atoms with van der Waals surface area (Å²) in [5.41, 5.74) is 5.30. The lowest BCUT2D eigenvalue weighted by atomic mass is 10.0. The van der Waals surface area contributed by atoms with Crippen LogP contribution in [-0.2, 0) is 12.8 Å². The first-order chi connectivity index (χ1) is 11.7. The van der Waals surface area contributed by atoms with Crippen LogP contribution >= 0.6 is 0 Å². The lowest BCUT2D eigenvalue weighted by Gasteiger charge is -2.31. The smallest absolute Gasteiger partial charge is 0.272 e. The van der Waals surface area contributed by atoms with Gasteiger partial charge < -0.3 is 10.2 Å². The second-order valence-corrected chi connectivity index (χ2v) is 6.36. The van der Waals surface area contributed by atoms with E-state index < -0.39 is 0 Å². The van der Waals surface area contributed by atoms with Gasteiger partial charge in [-0.25, -0.2) is 0 Å². The Morgan fingerprint density at radius 2 is 2.21 bits per heavy atom. The number of aromatic nitrogens is 2. The summed E-state index contributed by atoms with van der Waals surface area (Å²) in [4.78, 5) is 14.7. The monoisotopic (exact) mass is 326 g/mol. The van der Waals surface area contributed by atoms with Crippen LogP contribution in [0.25, 0.3) is 0 Å². The number of H-pyrrole nitrogens is 1. The van der Waals surface area contributed by atoms with E-state index in [1.807, 2.05) is 6.92 Å². The first-order valence-corrected chi connectivity index (χ1v) is 8.85. The van der Waals surface area contributed by atoms with Crippen LogP contribution in [-0.4, -0.2) is 35.7 Å². The summed E-state index contributed by atoms with van der Waals surface area (Å²) in [6.07, 6.45) is 4.17. The molecule has 2 aromatic rings. The fraction of sp³-hybridized carbons (Fsp3) is 0.474. The Balaban J connectivity index is 1.49. The van der Waals surface area contributed by atoms with E-state index in [1.165, 1.54) is 24.1 Å². The van der Waals surface area contributed by atoms with E-state index in [0.717, 1.165) is 37.2 Å². The molecule has 0 spiro atoms. The first-order valence-electron chi connectivity index (χ1n) is 8.85. The number of anilines is 1. The molecule has 3 rings (SSSR count). The van der Waals surface area contributed by atoms with Crippen molar-refractivity contribution in [3.8, 4) is 0 Å². The first kappa shape index (κ1) is 16.6. The number of aryl methyl sites for hydroxylation is 2. The van der Waals surface area contributed by atoms with E-state index in [0.29, 0.717) is 12.2 Å². The molecule has 0 saturated carbocycles. The molecule has 0 fully saturated rings. The zero-order chi connectivity index (χ0) is 16.9. The van der Waals surface area contributed by atoms with Crippen molar-refractivity contribution in [3.05, 3.63) is 46.8 Å². The number of hydrogen-bond donors (Lipinski definition) is 2. The molecule has 5 heteroatoms. The number of carbonyl (C=O) groups is 1. The summed E-state index contributed by atoms with van der Waals surface area (Å²) < 4.78 is 0. The fourth-order valence-corrected chi connectivity index (χ4v) is 3.40. The third kappa shape index (κ3) is 3.45. The Labute approximate surface area is 143 Å². The van der Waals surface area contributed by atoms with E-state index in [-0.39, 0.29) is 5.91 Å². The Hall–Kier alpha value is -2.30. The number of carbonyl (C=O) groups excluding carboxylic acids is 1. The molecular formula is C19H26N4O. The van der Waals surface area contributed by atoms with E-state index in [1.54, 1.807) is 0 Å². The maximum atomic E-state index is 12.2. The van der Waals surface area contributed by atoms with Crippen molar-refractivity contribution in [2.75, 3.05) is 24.5 Å². The Morgan fingerprint density at radius 3 is 3.00 bits per heavy atom. The molecule has 1 aromatic heterocycles. The van der Waals surface area contributed by atoms with Gasteiger partial charge in [0.15, 0.2) is 5.69 Å². The molecule has 5 nitrogen and oxygen atoms in total. The number of para-hydroxylation sites is 1. The molecule has 1 aliphatic heterocycles. The van der Waals surface area contributed by atoms with Gasteiger partial charge in [0, 0.05) is 36.6 Å². The second-order valence-electron chi connectivity index (χ2n) is 6.36. The average molecular weight is 326 g/mol. The molecule has 1 aliphatic rings. The molecular weight excluding hydrogens is 300 g/mol. The minimum absolute atomic E-state index is 0.0810. The third-order valence-electron chi connectivity index (χ3n) is 4.78. The minimum atomic E-state index is -0.0810. The molecule has 0 radical (unpaired) electrons. The van der Waals surface area contributed by atoms with Crippen LogP contribution in [0.5, 0.6) is 0 Å². The molecule has 0 unspecified atom stereocenters. The number of nitrogens with one attached hydrogen (secondary N) is 2. The summed E-state index contributed by atoms with van der Waals surface area (Å²) in [6.45, 7) is 6.74. The molecule has 0 bridgehead atoms. The number of rotatable bonds is 6. The van der Waals surface area contributed by atoms with Gasteiger partial charge in [-0.15, -0.1) is 0 Å². The lowest BCUT2D eigenvalue weighted by Crippen LogP contribution is -2.33. The summed E-state index contributed by atoms with van der Waals surface area (Å²) >= 11 is 0. The highest BCUT2D eigenvalue weighted by Gasteiger charge is 2.17. The highest BCUT2D eigenvalue weighted by atomic mass is 16.1. The molecule has 2 N–H and O–H groups in total. The van der Waals surface area contributed by atoms with Crippen molar-refractivity contribution in [1.82, 2.24) is 15.5 Å². The van der Waals surface area contributed by atoms with Crippen molar-refractivity contribution in [3.63, 3.8) is 0 Å². The van der Waals surface area contributed by atoms with Crippen LogP contribution in [0.1, 0.15) is 47.1 Å². The summed E-state index contributed by atoms with van der Waals surface area (Å²) in [5, 5.41) is 10.1. The number of aromatic amines is 1. The van der Waals surface area contributed by atoms with Gasteiger partial charge in [0.1, 0.15) is 0 Å². The maximum Gasteiger partial charge on any atom is 0.272 e. The molecule has 24 heavy (non-hydrogen) atoms. The number of benzene rings is 1. The fourth-order valence-electron chi connectivity index (χ4n) is 3.40. The average Bonchev–Trinajstić information content (AvgIpc) is 2.99. The van der Waals surface area contributed by atoms with Crippen LogP contribution in [0.15, 0.2) is 24.3 Å². The van der Waals surface area contributed by atoms with Crippen LogP contribution in [0.4, 0.5) is 5.69 Å². The summed E-state index contributed by atoms with van der Waals surface area (Å²) in [6, 6.07) is 8.63. The molecule has 1 aromatic carbocycles. The largest absolute Gasteiger partial charge is 0.371 e. The van der Waals surface area contributed by atoms with Gasteiger partial charge in [0.25, 0.3) is 5.91 Å². The Bertz CT molecular complexity index is 707. The highest BCUT2D eigenvalue weighted by Crippen LogP contribution is 2.26. The van der Waals surface area contributed by atoms with E-state index in [4.69, 9.17) is 0 Å². The Kier molecular flexibility index (Phi) is 5.18. The third-order valence-corrected chi connectivity index (χ3v) is 4.78. The number of fused-ring (bicyclic) bond motifs is 1. The quantitative estimate of drug-likeness (QED) is 0.803. The van der Waals surface area contributed by atoms with Gasteiger partial charge in [-0.3, -0.25) is 9.89 Å². The van der Waals surface area contributed by atoms with Crippen LogP contribution in [0.3, 0.4) is 0 Å². The molecule has 0 aliphatic carbocycles. The predicted octanol–water partition coefficient (Wildman–Crippen LogP) is 2.85. The van der Waals surface area contributed by atoms with Crippen LogP contribution in [0.2, 0.25) is 0 Å². The van der Waals surface area contributed by atoms with Gasteiger partial charge in [-0.1, -0.05) is 25.1 Å². The highest BCUT2D eigenvalue weighted by molar-refractivity contribution is 5.93. The Morgan fingerprint density at radius 1 is 1.38 bits per heavy atom. The van der Waals surface area contributed by atoms with Gasteiger partial charge in [-0.2, -0.15) is 5.10 Å². The van der Waals surface area contributed by atoms with Crippen molar-refractivity contribution in [2.45, 2.75) is 39.5 Å². The molecule has 1 amide bonds. The van der Waals surface area contributed by atoms with Crippen molar-refractivity contribution >= 4 is 11.6 Å². The van der Waals surface area contributed by atoms with Gasteiger partial charge in [0.05, 0.1) is 0 Å². The maximum absolute atomic E-state index is 12.2. The standard InChI is InChI=1S/C19H26N4O/c1-3-16-14(2)18(22-21-16)19(24)20-11-7-13-23-12-6-9-15-8-4-5-10-17(15)23/h4-5,8,10H,3,6-7,9,11-13H2,1-2H3,(H,20,24)(H,21,22). The molecule has 128 valence electrons. The number of amides is 1. The van der Waals surface area contributed by atoms with Crippen molar-refractivity contribution in [2.24, 2.45) is 0 Å². The molecule has 0 atom stereocenters. The summed E-state index contributed by atoms with van der Waals surface area (Å²) in [7, 11) is 0. The zero-order valence-corrected chi connectivity index (χ0v) is 14.6. The van der Waals surface area contributed by atoms with Gasteiger partial charge in [0.2, 0.25) is 0 Å². The van der Waals surface area contributed by atoms with Crippen LogP contribution < -0.4 is 10.2 Å². The lowest BCUT2D eigenvalue weighted by molar-refractivity contribution is 0.0947. The zero-order valence-electron chi connectivity index (χ0n) is 14.6.